The second-order valence-electron chi connectivity index (χ2n) is 9.23. The summed E-state index contributed by atoms with van der Waals surface area (Å²) in [5, 5.41) is 3.52. The lowest BCUT2D eigenvalue weighted by atomic mass is 9.87. The van der Waals surface area contributed by atoms with E-state index in [-0.39, 0.29) is 6.10 Å². The van der Waals surface area contributed by atoms with Crippen LogP contribution >= 0.6 is 0 Å². The monoisotopic (exact) mass is 468 g/mol. The lowest BCUT2D eigenvalue weighted by Gasteiger charge is -2.33. The first-order chi connectivity index (χ1) is 16.8. The number of nitrogens with one attached hydrogen (secondary N) is 1. The minimum absolute atomic E-state index is 0.154. The molecule has 0 spiro atoms. The van der Waals surface area contributed by atoms with Crippen LogP contribution in [0.2, 0.25) is 0 Å². The minimum atomic E-state index is 0.154. The molecule has 0 radical (unpaired) electrons. The number of nitrogens with zero attached hydrogens (tertiary/aromatic N) is 1. The minimum Gasteiger partial charge on any atom is -0.490 e. The molecule has 6 heteroatoms. The Balaban J connectivity index is 1.37. The Bertz CT molecular complexity index is 873. The van der Waals surface area contributed by atoms with Crippen molar-refractivity contribution in [2.45, 2.75) is 51.4 Å². The number of anilines is 1. The topological polar surface area (TPSA) is 52.2 Å². The summed E-state index contributed by atoms with van der Waals surface area (Å²) in [5.74, 6) is 1.37. The van der Waals surface area contributed by atoms with E-state index in [1.165, 1.54) is 22.4 Å². The van der Waals surface area contributed by atoms with Crippen LogP contribution in [0.25, 0.3) is 0 Å². The number of hydrogen-bond acceptors (Lipinski definition) is 6. The molecule has 2 atom stereocenters. The molecule has 1 saturated heterocycles. The van der Waals surface area contributed by atoms with Gasteiger partial charge in [0.25, 0.3) is 0 Å². The molecular weight excluding hydrogens is 428 g/mol. The zero-order valence-electron chi connectivity index (χ0n) is 20.8. The smallest absolute Gasteiger partial charge is 0.142 e. The summed E-state index contributed by atoms with van der Waals surface area (Å²) in [6.07, 6.45) is 3.30. The van der Waals surface area contributed by atoms with Gasteiger partial charge in [0.15, 0.2) is 0 Å². The third-order valence-electron chi connectivity index (χ3n) is 6.67. The molecule has 2 aliphatic heterocycles. The molecule has 0 aliphatic carbocycles. The molecule has 0 unspecified atom stereocenters. The summed E-state index contributed by atoms with van der Waals surface area (Å²) >= 11 is 0. The Labute approximate surface area is 204 Å². The van der Waals surface area contributed by atoms with Gasteiger partial charge in [0.2, 0.25) is 0 Å². The number of hydrogen-bond donors (Lipinski definition) is 1. The molecule has 2 aromatic carbocycles. The van der Waals surface area contributed by atoms with Crippen LogP contribution in [0.1, 0.15) is 48.8 Å². The highest BCUT2D eigenvalue weighted by molar-refractivity contribution is 5.61. The summed E-state index contributed by atoms with van der Waals surface area (Å²) in [6, 6.07) is 15.4. The fourth-order valence-corrected chi connectivity index (χ4v) is 4.83. The van der Waals surface area contributed by atoms with Crippen molar-refractivity contribution in [2.75, 3.05) is 58.0 Å². The average Bonchev–Trinajstić information content (AvgIpc) is 2.88. The number of piperidine rings is 1. The summed E-state index contributed by atoms with van der Waals surface area (Å²) in [5.41, 5.74) is 4.94. The van der Waals surface area contributed by atoms with E-state index >= 15 is 0 Å². The summed E-state index contributed by atoms with van der Waals surface area (Å²) in [4.78, 5) is 2.40. The first kappa shape index (κ1) is 25.0. The van der Waals surface area contributed by atoms with E-state index in [0.29, 0.717) is 19.1 Å². The van der Waals surface area contributed by atoms with E-state index in [4.69, 9.17) is 18.9 Å². The molecule has 2 aliphatic rings. The number of fused-ring (bicyclic) bond motifs is 1. The van der Waals surface area contributed by atoms with Gasteiger partial charge in [-0.15, -0.1) is 0 Å². The standard InChI is InChI=1S/C28H40N2O4/c1-3-15-32-20-22-5-8-24(9-6-22)25-11-12-29-19-28(25)34-21-23-7-10-27-26(18-23)30(14-17-33-27)13-4-16-31-2/h5-10,18,25,28-29H,3-4,11-17,19-21H2,1-2H3/t25-,28+/m1/s1. The molecule has 2 aromatic rings. The normalized spacial score (nSPS) is 20.1. The molecule has 0 amide bonds. The Hall–Kier alpha value is -2.12. The van der Waals surface area contributed by atoms with Gasteiger partial charge in [0.1, 0.15) is 12.4 Å². The van der Waals surface area contributed by atoms with Crippen LogP contribution in [0.3, 0.4) is 0 Å². The maximum Gasteiger partial charge on any atom is 0.142 e. The number of rotatable bonds is 12. The summed E-state index contributed by atoms with van der Waals surface area (Å²) in [6.45, 7) is 9.53. The van der Waals surface area contributed by atoms with Crippen LogP contribution in [-0.4, -0.2) is 59.2 Å². The molecule has 4 rings (SSSR count). The Morgan fingerprint density at radius 3 is 2.74 bits per heavy atom. The fourth-order valence-electron chi connectivity index (χ4n) is 4.83. The number of ether oxygens (including phenoxy) is 4. The van der Waals surface area contributed by atoms with E-state index in [9.17, 15) is 0 Å². The lowest BCUT2D eigenvalue weighted by Crippen LogP contribution is -2.41. The van der Waals surface area contributed by atoms with Crippen molar-refractivity contribution in [2.24, 2.45) is 0 Å². The molecule has 1 N–H and O–H groups in total. The van der Waals surface area contributed by atoms with E-state index in [0.717, 1.165) is 71.0 Å². The molecule has 6 nitrogen and oxygen atoms in total. The second kappa shape index (κ2) is 13.1. The Morgan fingerprint density at radius 1 is 1.06 bits per heavy atom. The first-order valence-corrected chi connectivity index (χ1v) is 12.8. The summed E-state index contributed by atoms with van der Waals surface area (Å²) in [7, 11) is 1.76. The summed E-state index contributed by atoms with van der Waals surface area (Å²) < 4.78 is 23.3. The molecular formula is C28H40N2O4. The average molecular weight is 469 g/mol. The fraction of sp³-hybridized carbons (Fsp3) is 0.571. The van der Waals surface area contributed by atoms with Gasteiger partial charge in [-0.1, -0.05) is 37.3 Å². The highest BCUT2D eigenvalue weighted by Crippen LogP contribution is 2.34. The third-order valence-corrected chi connectivity index (χ3v) is 6.67. The van der Waals surface area contributed by atoms with E-state index < -0.39 is 0 Å². The van der Waals surface area contributed by atoms with Crippen LogP contribution in [0.5, 0.6) is 5.75 Å². The maximum absolute atomic E-state index is 6.50. The Kier molecular flexibility index (Phi) is 9.63. The van der Waals surface area contributed by atoms with Crippen molar-refractivity contribution in [3.63, 3.8) is 0 Å². The molecule has 1 fully saturated rings. The Morgan fingerprint density at radius 2 is 1.91 bits per heavy atom. The lowest BCUT2D eigenvalue weighted by molar-refractivity contribution is 0.0106. The first-order valence-electron chi connectivity index (χ1n) is 12.8. The van der Waals surface area contributed by atoms with Crippen molar-refractivity contribution in [3.05, 3.63) is 59.2 Å². The molecule has 0 saturated carbocycles. The van der Waals surface area contributed by atoms with E-state index in [1.807, 2.05) is 0 Å². The maximum atomic E-state index is 6.50. The van der Waals surface area contributed by atoms with Crippen LogP contribution in [0.15, 0.2) is 42.5 Å². The molecule has 34 heavy (non-hydrogen) atoms. The van der Waals surface area contributed by atoms with E-state index in [2.05, 4.69) is 59.6 Å². The zero-order valence-corrected chi connectivity index (χ0v) is 20.8. The van der Waals surface area contributed by atoms with Gasteiger partial charge >= 0.3 is 0 Å². The van der Waals surface area contributed by atoms with Gasteiger partial charge < -0.3 is 29.2 Å². The highest BCUT2D eigenvalue weighted by Gasteiger charge is 2.27. The van der Waals surface area contributed by atoms with Crippen LogP contribution in [0, 0.1) is 0 Å². The van der Waals surface area contributed by atoms with Crippen LogP contribution in [0.4, 0.5) is 5.69 Å². The quantitative estimate of drug-likeness (QED) is 0.463. The van der Waals surface area contributed by atoms with E-state index in [1.54, 1.807) is 7.11 Å². The number of benzene rings is 2. The highest BCUT2D eigenvalue weighted by atomic mass is 16.5. The molecule has 186 valence electrons. The largest absolute Gasteiger partial charge is 0.490 e. The third kappa shape index (κ3) is 6.72. The van der Waals surface area contributed by atoms with Crippen molar-refractivity contribution in [1.29, 1.82) is 0 Å². The van der Waals surface area contributed by atoms with Gasteiger partial charge in [-0.3, -0.25) is 0 Å². The van der Waals surface area contributed by atoms with Crippen LogP contribution in [-0.2, 0) is 27.4 Å². The van der Waals surface area contributed by atoms with Gasteiger partial charge in [-0.05, 0) is 54.6 Å². The van der Waals surface area contributed by atoms with Gasteiger partial charge in [0.05, 0.1) is 31.5 Å². The molecule has 0 aromatic heterocycles. The van der Waals surface area contributed by atoms with Gasteiger partial charge in [-0.25, -0.2) is 0 Å². The second-order valence-corrected chi connectivity index (χ2v) is 9.23. The molecule has 0 bridgehead atoms. The van der Waals surface area contributed by atoms with Crippen molar-refractivity contribution in [1.82, 2.24) is 5.32 Å². The number of methoxy groups -OCH3 is 1. The predicted octanol–water partition coefficient (Wildman–Crippen LogP) is 4.51. The van der Waals surface area contributed by atoms with Gasteiger partial charge in [-0.2, -0.15) is 0 Å². The van der Waals surface area contributed by atoms with Gasteiger partial charge in [0, 0.05) is 39.3 Å². The van der Waals surface area contributed by atoms with Crippen molar-refractivity contribution >= 4 is 5.69 Å². The molecule has 2 heterocycles. The predicted molar refractivity (Wildman–Crippen MR) is 136 cm³/mol. The van der Waals surface area contributed by atoms with Crippen LogP contribution < -0.4 is 15.0 Å². The zero-order chi connectivity index (χ0) is 23.6. The van der Waals surface area contributed by atoms with Crippen molar-refractivity contribution in [3.8, 4) is 5.75 Å². The SMILES string of the molecule is CCCOCc1ccc([C@H]2CCNC[C@@H]2OCc2ccc3c(c2)N(CCCOC)CCO3)cc1. The van der Waals surface area contributed by atoms with Crippen molar-refractivity contribution < 1.29 is 18.9 Å².